The Kier molecular flexibility index (Phi) is 2.63. The molecule has 1 aromatic heterocycles. The van der Waals surface area contributed by atoms with Crippen molar-refractivity contribution in [2.24, 2.45) is 0 Å². The van der Waals surface area contributed by atoms with Gasteiger partial charge in [-0.1, -0.05) is 6.07 Å². The van der Waals surface area contributed by atoms with Gasteiger partial charge in [0.1, 0.15) is 17.3 Å². The molecular formula is C12H10FNO. The van der Waals surface area contributed by atoms with Gasteiger partial charge in [-0.05, 0) is 25.1 Å². The number of hydrogen-bond donors (Lipinski definition) is 0. The fourth-order valence-corrected chi connectivity index (χ4v) is 1.25. The number of nitrogens with zero attached hydrogens (tertiary/aromatic N) is 1. The summed E-state index contributed by atoms with van der Waals surface area (Å²) in [4.78, 5) is 4.04. The molecule has 0 spiro atoms. The fraction of sp³-hybridized carbons (Fsp3) is 0.0833. The van der Waals surface area contributed by atoms with Gasteiger partial charge in [-0.25, -0.2) is 4.39 Å². The predicted octanol–water partition coefficient (Wildman–Crippen LogP) is 3.32. The van der Waals surface area contributed by atoms with Crippen LogP contribution in [0.4, 0.5) is 4.39 Å². The van der Waals surface area contributed by atoms with Crippen LogP contribution in [0, 0.1) is 12.7 Å². The van der Waals surface area contributed by atoms with Crippen molar-refractivity contribution in [1.82, 2.24) is 4.98 Å². The molecule has 0 unspecified atom stereocenters. The number of rotatable bonds is 2. The molecule has 0 radical (unpaired) electrons. The Morgan fingerprint density at radius 1 is 1.13 bits per heavy atom. The molecule has 0 aliphatic rings. The lowest BCUT2D eigenvalue weighted by Crippen LogP contribution is -1.87. The molecule has 0 saturated heterocycles. The minimum atomic E-state index is -0.307. The van der Waals surface area contributed by atoms with Gasteiger partial charge in [-0.15, -0.1) is 0 Å². The molecule has 2 rings (SSSR count). The average molecular weight is 203 g/mol. The highest BCUT2D eigenvalue weighted by Gasteiger charge is 1.98. The van der Waals surface area contributed by atoms with E-state index in [1.165, 1.54) is 12.1 Å². The van der Waals surface area contributed by atoms with Gasteiger partial charge < -0.3 is 4.74 Å². The van der Waals surface area contributed by atoms with Crippen LogP contribution in [0.1, 0.15) is 5.69 Å². The first-order valence-electron chi connectivity index (χ1n) is 4.60. The van der Waals surface area contributed by atoms with Gasteiger partial charge in [-0.3, -0.25) is 4.98 Å². The number of benzene rings is 1. The third-order valence-corrected chi connectivity index (χ3v) is 1.90. The summed E-state index contributed by atoms with van der Waals surface area (Å²) < 4.78 is 18.3. The number of pyridine rings is 1. The molecule has 0 bridgehead atoms. The third kappa shape index (κ3) is 2.53. The standard InChI is InChI=1S/C12H10FNO/c1-9-7-12(5-6-14-9)15-11-4-2-3-10(13)8-11/h2-8H,1H3. The van der Waals surface area contributed by atoms with Gasteiger partial charge in [0, 0.05) is 24.0 Å². The maximum atomic E-state index is 12.9. The zero-order valence-electron chi connectivity index (χ0n) is 8.27. The second-order valence-corrected chi connectivity index (χ2v) is 3.19. The predicted molar refractivity (Wildman–Crippen MR) is 55.4 cm³/mol. The quantitative estimate of drug-likeness (QED) is 0.746. The molecule has 3 heteroatoms. The molecule has 1 heterocycles. The molecule has 15 heavy (non-hydrogen) atoms. The van der Waals surface area contributed by atoms with Crippen molar-refractivity contribution in [3.63, 3.8) is 0 Å². The van der Waals surface area contributed by atoms with Crippen molar-refractivity contribution in [3.8, 4) is 11.5 Å². The van der Waals surface area contributed by atoms with Crippen LogP contribution >= 0.6 is 0 Å². The monoisotopic (exact) mass is 203 g/mol. The second-order valence-electron chi connectivity index (χ2n) is 3.19. The molecule has 76 valence electrons. The van der Waals surface area contributed by atoms with Crippen molar-refractivity contribution >= 4 is 0 Å². The first-order valence-corrected chi connectivity index (χ1v) is 4.60. The molecule has 0 aliphatic carbocycles. The lowest BCUT2D eigenvalue weighted by molar-refractivity contribution is 0.475. The van der Waals surface area contributed by atoms with Crippen molar-refractivity contribution in [2.75, 3.05) is 0 Å². The summed E-state index contributed by atoms with van der Waals surface area (Å²) in [5.74, 6) is 0.840. The summed E-state index contributed by atoms with van der Waals surface area (Å²) in [6.45, 7) is 1.87. The third-order valence-electron chi connectivity index (χ3n) is 1.90. The Bertz CT molecular complexity index is 427. The first kappa shape index (κ1) is 9.65. The second kappa shape index (κ2) is 4.09. The van der Waals surface area contributed by atoms with Crippen molar-refractivity contribution in [3.05, 3.63) is 54.1 Å². The van der Waals surface area contributed by atoms with E-state index in [0.29, 0.717) is 11.5 Å². The number of ether oxygens (including phenoxy) is 1. The van der Waals surface area contributed by atoms with Crippen molar-refractivity contribution in [1.29, 1.82) is 0 Å². The van der Waals surface area contributed by atoms with Gasteiger partial charge in [0.15, 0.2) is 0 Å². The van der Waals surface area contributed by atoms with Gasteiger partial charge in [0.25, 0.3) is 0 Å². The molecule has 2 aromatic rings. The largest absolute Gasteiger partial charge is 0.457 e. The van der Waals surface area contributed by atoms with Gasteiger partial charge in [0.05, 0.1) is 0 Å². The topological polar surface area (TPSA) is 22.1 Å². The summed E-state index contributed by atoms with van der Waals surface area (Å²) in [6.07, 6.45) is 1.66. The maximum absolute atomic E-state index is 12.9. The normalized spacial score (nSPS) is 10.0. The molecule has 0 atom stereocenters. The summed E-state index contributed by atoms with van der Waals surface area (Å²) in [5, 5.41) is 0. The average Bonchev–Trinajstić information content (AvgIpc) is 2.17. The van der Waals surface area contributed by atoms with Crippen LogP contribution in [0.15, 0.2) is 42.6 Å². The summed E-state index contributed by atoms with van der Waals surface area (Å²) in [5.41, 5.74) is 0.865. The van der Waals surface area contributed by atoms with E-state index in [4.69, 9.17) is 4.74 Å². The SMILES string of the molecule is Cc1cc(Oc2cccc(F)c2)ccn1. The van der Waals surface area contributed by atoms with E-state index in [2.05, 4.69) is 4.98 Å². The summed E-state index contributed by atoms with van der Waals surface area (Å²) in [7, 11) is 0. The lowest BCUT2D eigenvalue weighted by atomic mass is 10.3. The van der Waals surface area contributed by atoms with Gasteiger partial charge >= 0.3 is 0 Å². The van der Waals surface area contributed by atoms with E-state index < -0.39 is 0 Å². The number of hydrogen-bond acceptors (Lipinski definition) is 2. The number of aryl methyl sites for hydroxylation is 1. The highest BCUT2D eigenvalue weighted by Crippen LogP contribution is 2.21. The van der Waals surface area contributed by atoms with Crippen molar-refractivity contribution < 1.29 is 9.13 Å². The Morgan fingerprint density at radius 2 is 1.93 bits per heavy atom. The van der Waals surface area contributed by atoms with Crippen molar-refractivity contribution in [2.45, 2.75) is 6.92 Å². The molecule has 1 aromatic carbocycles. The zero-order chi connectivity index (χ0) is 10.7. The number of aromatic nitrogens is 1. The Balaban J connectivity index is 2.22. The van der Waals surface area contributed by atoms with Crippen LogP contribution in [-0.2, 0) is 0 Å². The summed E-state index contributed by atoms with van der Waals surface area (Å²) in [6, 6.07) is 9.57. The minimum absolute atomic E-state index is 0.307. The molecule has 0 amide bonds. The fourth-order valence-electron chi connectivity index (χ4n) is 1.25. The van der Waals surface area contributed by atoms with E-state index in [1.807, 2.05) is 6.92 Å². The summed E-state index contributed by atoms with van der Waals surface area (Å²) >= 11 is 0. The van der Waals surface area contributed by atoms with E-state index in [-0.39, 0.29) is 5.82 Å². The van der Waals surface area contributed by atoms with E-state index in [1.54, 1.807) is 30.5 Å². The van der Waals surface area contributed by atoms with Gasteiger partial charge in [-0.2, -0.15) is 0 Å². The maximum Gasteiger partial charge on any atom is 0.130 e. The Morgan fingerprint density at radius 3 is 2.67 bits per heavy atom. The van der Waals surface area contributed by atoms with E-state index >= 15 is 0 Å². The Labute approximate surface area is 87.4 Å². The molecule has 0 saturated carbocycles. The van der Waals surface area contributed by atoms with Crippen LogP contribution in [0.3, 0.4) is 0 Å². The van der Waals surface area contributed by atoms with E-state index in [9.17, 15) is 4.39 Å². The molecule has 0 N–H and O–H groups in total. The van der Waals surface area contributed by atoms with Crippen LogP contribution in [0.25, 0.3) is 0 Å². The van der Waals surface area contributed by atoms with Gasteiger partial charge in [0.2, 0.25) is 0 Å². The van der Waals surface area contributed by atoms with Crippen LogP contribution in [0.2, 0.25) is 0 Å². The lowest BCUT2D eigenvalue weighted by Gasteiger charge is -2.05. The molecule has 0 aliphatic heterocycles. The molecule has 0 fully saturated rings. The smallest absolute Gasteiger partial charge is 0.130 e. The van der Waals surface area contributed by atoms with Crippen LogP contribution < -0.4 is 4.74 Å². The molecule has 2 nitrogen and oxygen atoms in total. The highest BCUT2D eigenvalue weighted by atomic mass is 19.1. The van der Waals surface area contributed by atoms with Crippen LogP contribution in [0.5, 0.6) is 11.5 Å². The number of halogens is 1. The Hall–Kier alpha value is -1.90. The minimum Gasteiger partial charge on any atom is -0.457 e. The first-order chi connectivity index (χ1) is 7.24. The molecular weight excluding hydrogens is 193 g/mol. The van der Waals surface area contributed by atoms with Crippen LogP contribution in [-0.4, -0.2) is 4.98 Å². The highest BCUT2D eigenvalue weighted by molar-refractivity contribution is 5.31. The van der Waals surface area contributed by atoms with E-state index in [0.717, 1.165) is 5.69 Å². The zero-order valence-corrected chi connectivity index (χ0v) is 8.27.